The maximum Gasteiger partial charge on any atom is 0.534 e. The zero-order valence-corrected chi connectivity index (χ0v) is 12.8. The van der Waals surface area contributed by atoms with Crippen LogP contribution >= 0.6 is 0 Å². The molecule has 0 aromatic carbocycles. The van der Waals surface area contributed by atoms with Crippen LogP contribution in [0, 0.1) is 13.8 Å². The van der Waals surface area contributed by atoms with Gasteiger partial charge in [-0.1, -0.05) is 6.07 Å². The number of alkyl halides is 3. The Labute approximate surface area is 129 Å². The average Bonchev–Trinajstić information content (AvgIpc) is 2.38. The van der Waals surface area contributed by atoms with Crippen molar-refractivity contribution in [2.45, 2.75) is 19.4 Å². The van der Waals surface area contributed by atoms with Gasteiger partial charge in [0, 0.05) is 24.0 Å². The van der Waals surface area contributed by atoms with E-state index in [1.54, 1.807) is 19.1 Å². The standard InChI is InChI=1S/C13H11F3N2O4S/c1-8-4-3-5-17-12(8)18-9(2)6-10(7-11(18)19)22-23(20,21)13(14,15)16/h3-7H,1-2H3. The van der Waals surface area contributed by atoms with Crippen LogP contribution in [0.5, 0.6) is 5.75 Å². The van der Waals surface area contributed by atoms with Gasteiger partial charge in [0.15, 0.2) is 0 Å². The number of rotatable bonds is 3. The molecule has 0 radical (unpaired) electrons. The van der Waals surface area contributed by atoms with Gasteiger partial charge in [-0.25, -0.2) is 4.98 Å². The van der Waals surface area contributed by atoms with Crippen LogP contribution < -0.4 is 9.74 Å². The number of hydrogen-bond donors (Lipinski definition) is 0. The second kappa shape index (κ2) is 5.69. The normalized spacial score (nSPS) is 12.2. The fourth-order valence-electron chi connectivity index (χ4n) is 1.88. The number of nitrogens with zero attached hydrogens (tertiary/aromatic N) is 2. The Morgan fingerprint density at radius 1 is 1.22 bits per heavy atom. The van der Waals surface area contributed by atoms with Gasteiger partial charge in [-0.2, -0.15) is 21.6 Å². The van der Waals surface area contributed by atoms with E-state index in [-0.39, 0.29) is 5.69 Å². The minimum atomic E-state index is -5.83. The molecule has 0 unspecified atom stereocenters. The van der Waals surface area contributed by atoms with E-state index in [0.29, 0.717) is 17.4 Å². The molecule has 0 fully saturated rings. The largest absolute Gasteiger partial charge is 0.534 e. The summed E-state index contributed by atoms with van der Waals surface area (Å²) in [6, 6.07) is 5.03. The highest BCUT2D eigenvalue weighted by molar-refractivity contribution is 7.88. The number of hydrogen-bond acceptors (Lipinski definition) is 5. The number of halogens is 3. The molecule has 2 heterocycles. The summed E-state index contributed by atoms with van der Waals surface area (Å²) < 4.78 is 64.0. The third-order valence-corrected chi connectivity index (χ3v) is 3.85. The Morgan fingerprint density at radius 3 is 2.39 bits per heavy atom. The highest BCUT2D eigenvalue weighted by Gasteiger charge is 2.48. The molecule has 0 atom stereocenters. The Morgan fingerprint density at radius 2 is 1.87 bits per heavy atom. The predicted octanol–water partition coefficient (Wildman–Crippen LogP) is 2.08. The van der Waals surface area contributed by atoms with Crippen molar-refractivity contribution in [2.24, 2.45) is 0 Å². The summed E-state index contributed by atoms with van der Waals surface area (Å²) in [6.07, 6.45) is 1.45. The molecule has 0 spiro atoms. The van der Waals surface area contributed by atoms with Crippen molar-refractivity contribution in [3.05, 3.63) is 52.1 Å². The average molecular weight is 348 g/mol. The van der Waals surface area contributed by atoms with Gasteiger partial charge in [-0.3, -0.25) is 9.36 Å². The minimum absolute atomic E-state index is 0.173. The lowest BCUT2D eigenvalue weighted by atomic mass is 10.2. The van der Waals surface area contributed by atoms with E-state index in [1.165, 1.54) is 13.1 Å². The van der Waals surface area contributed by atoms with Crippen molar-refractivity contribution >= 4 is 10.1 Å². The number of aromatic nitrogens is 2. The van der Waals surface area contributed by atoms with Gasteiger partial charge in [-0.05, 0) is 25.5 Å². The Balaban J connectivity index is 2.52. The zero-order valence-electron chi connectivity index (χ0n) is 12.0. The van der Waals surface area contributed by atoms with Crippen LogP contribution in [0.2, 0.25) is 0 Å². The van der Waals surface area contributed by atoms with Gasteiger partial charge in [-0.15, -0.1) is 0 Å². The smallest absolute Gasteiger partial charge is 0.376 e. The third kappa shape index (κ3) is 3.36. The lowest BCUT2D eigenvalue weighted by Gasteiger charge is -2.13. The van der Waals surface area contributed by atoms with E-state index in [9.17, 15) is 26.4 Å². The Kier molecular flexibility index (Phi) is 4.20. The molecule has 10 heteroatoms. The van der Waals surface area contributed by atoms with Crippen LogP contribution in [0.25, 0.3) is 5.82 Å². The molecule has 2 rings (SSSR count). The van der Waals surface area contributed by atoms with Crippen molar-refractivity contribution in [3.8, 4) is 11.6 Å². The monoisotopic (exact) mass is 348 g/mol. The van der Waals surface area contributed by atoms with Crippen LogP contribution in [0.1, 0.15) is 11.3 Å². The van der Waals surface area contributed by atoms with E-state index in [0.717, 1.165) is 10.6 Å². The molecule has 0 saturated carbocycles. The van der Waals surface area contributed by atoms with Crippen molar-refractivity contribution in [1.82, 2.24) is 9.55 Å². The molecule has 0 bridgehead atoms. The molecule has 0 aliphatic carbocycles. The van der Waals surface area contributed by atoms with Crippen molar-refractivity contribution in [1.29, 1.82) is 0 Å². The van der Waals surface area contributed by atoms with Gasteiger partial charge in [0.25, 0.3) is 5.56 Å². The molecule has 0 N–H and O–H groups in total. The minimum Gasteiger partial charge on any atom is -0.376 e. The third-order valence-electron chi connectivity index (χ3n) is 2.87. The second-order valence-corrected chi connectivity index (χ2v) is 6.17. The molecule has 6 nitrogen and oxygen atoms in total. The molecular weight excluding hydrogens is 337 g/mol. The first-order valence-corrected chi connectivity index (χ1v) is 7.60. The van der Waals surface area contributed by atoms with Gasteiger partial charge < -0.3 is 4.18 Å². The fourth-order valence-corrected chi connectivity index (χ4v) is 2.32. The zero-order chi connectivity index (χ0) is 17.4. The lowest BCUT2D eigenvalue weighted by Crippen LogP contribution is -2.29. The summed E-state index contributed by atoms with van der Waals surface area (Å²) in [5.74, 6) is -0.421. The first kappa shape index (κ1) is 17.0. The molecular formula is C13H11F3N2O4S. The van der Waals surface area contributed by atoms with E-state index in [4.69, 9.17) is 0 Å². The summed E-state index contributed by atoms with van der Waals surface area (Å²) in [6.45, 7) is 3.12. The van der Waals surface area contributed by atoms with Crippen LogP contribution in [-0.4, -0.2) is 23.5 Å². The van der Waals surface area contributed by atoms with Crippen LogP contribution in [-0.2, 0) is 10.1 Å². The summed E-state index contributed by atoms with van der Waals surface area (Å²) in [5, 5.41) is 0. The van der Waals surface area contributed by atoms with E-state index < -0.39 is 26.9 Å². The first-order valence-electron chi connectivity index (χ1n) is 6.19. The maximum atomic E-state index is 12.3. The van der Waals surface area contributed by atoms with Crippen LogP contribution in [0.15, 0.2) is 35.3 Å². The summed E-state index contributed by atoms with van der Waals surface area (Å²) >= 11 is 0. The number of pyridine rings is 2. The van der Waals surface area contributed by atoms with Gasteiger partial charge in [0.2, 0.25) is 0 Å². The van der Waals surface area contributed by atoms with Crippen LogP contribution in [0.4, 0.5) is 13.2 Å². The second-order valence-electron chi connectivity index (χ2n) is 4.63. The van der Waals surface area contributed by atoms with Gasteiger partial charge in [0.05, 0.1) is 0 Å². The Bertz CT molecular complexity index is 904. The predicted molar refractivity (Wildman–Crippen MR) is 74.9 cm³/mol. The summed E-state index contributed by atoms with van der Waals surface area (Å²) in [7, 11) is -5.83. The Hall–Kier alpha value is -2.36. The van der Waals surface area contributed by atoms with Crippen molar-refractivity contribution in [3.63, 3.8) is 0 Å². The molecule has 124 valence electrons. The van der Waals surface area contributed by atoms with Crippen molar-refractivity contribution < 1.29 is 25.8 Å². The first-order chi connectivity index (χ1) is 10.5. The topological polar surface area (TPSA) is 78.3 Å². The van der Waals surface area contributed by atoms with Crippen LogP contribution in [0.3, 0.4) is 0 Å². The lowest BCUT2D eigenvalue weighted by molar-refractivity contribution is -0.0500. The van der Waals surface area contributed by atoms with Crippen molar-refractivity contribution in [2.75, 3.05) is 0 Å². The molecule has 0 amide bonds. The van der Waals surface area contributed by atoms with E-state index in [1.807, 2.05) is 0 Å². The molecule has 2 aromatic rings. The molecule has 2 aromatic heterocycles. The molecule has 0 aliphatic heterocycles. The van der Waals surface area contributed by atoms with Gasteiger partial charge in [0.1, 0.15) is 11.6 Å². The molecule has 0 aliphatic rings. The quantitative estimate of drug-likeness (QED) is 0.627. The van der Waals surface area contributed by atoms with E-state index >= 15 is 0 Å². The summed E-state index contributed by atoms with van der Waals surface area (Å²) in [5.41, 5.74) is -5.51. The summed E-state index contributed by atoms with van der Waals surface area (Å²) in [4.78, 5) is 16.2. The molecule has 23 heavy (non-hydrogen) atoms. The van der Waals surface area contributed by atoms with Gasteiger partial charge >= 0.3 is 15.6 Å². The maximum absolute atomic E-state index is 12.3. The number of aryl methyl sites for hydroxylation is 2. The highest BCUT2D eigenvalue weighted by Crippen LogP contribution is 2.27. The fraction of sp³-hybridized carbons (Fsp3) is 0.231. The highest BCUT2D eigenvalue weighted by atomic mass is 32.2. The molecule has 0 saturated heterocycles. The SMILES string of the molecule is Cc1cccnc1-n1c(C)cc(OS(=O)(=O)C(F)(F)F)cc1=O. The van der Waals surface area contributed by atoms with E-state index in [2.05, 4.69) is 9.17 Å².